The summed E-state index contributed by atoms with van der Waals surface area (Å²) in [5.74, 6) is -0.477. The molecule has 0 aliphatic heterocycles. The zero-order chi connectivity index (χ0) is 20.9. The van der Waals surface area contributed by atoms with Crippen LogP contribution in [0.15, 0.2) is 29.4 Å². The maximum Gasteiger partial charge on any atom is 0.240 e. The molecule has 0 radical (unpaired) electrons. The zero-order valence-corrected chi connectivity index (χ0v) is 15.9. The maximum absolute atomic E-state index is 11.8. The number of nitrogens with one attached hydrogen (secondary N) is 2. The van der Waals surface area contributed by atoms with Gasteiger partial charge in [0.1, 0.15) is 11.9 Å². The van der Waals surface area contributed by atoms with Crippen molar-refractivity contribution in [2.45, 2.75) is 63.8 Å². The number of hydrogen-bond donors (Lipinski definition) is 6. The van der Waals surface area contributed by atoms with Crippen LogP contribution in [-0.4, -0.2) is 56.8 Å². The summed E-state index contributed by atoms with van der Waals surface area (Å²) in [5.41, 5.74) is 2.68. The number of phenolic OH excluding ortho intramolecular Hbond substituents is 1. The average molecular weight is 395 g/mol. The second-order valence-corrected chi connectivity index (χ2v) is 6.51. The fourth-order valence-electron chi connectivity index (χ4n) is 2.34. The Morgan fingerprint density at radius 3 is 2.36 bits per heavy atom. The summed E-state index contributed by atoms with van der Waals surface area (Å²) in [5, 5.41) is 44.0. The second-order valence-electron chi connectivity index (χ2n) is 6.51. The minimum atomic E-state index is -1.27. The lowest BCUT2D eigenvalue weighted by atomic mass is 10.1. The first-order valence-electron chi connectivity index (χ1n) is 9.23. The number of carbonyl (C=O) groups excluding carboxylic acids is 2. The van der Waals surface area contributed by atoms with Crippen molar-refractivity contribution >= 4 is 23.7 Å². The van der Waals surface area contributed by atoms with Crippen LogP contribution in [0.4, 0.5) is 5.69 Å². The second kappa shape index (κ2) is 12.8. The van der Waals surface area contributed by atoms with Gasteiger partial charge in [0.25, 0.3) is 0 Å². The van der Waals surface area contributed by atoms with Crippen LogP contribution in [0.2, 0.25) is 0 Å². The molecule has 0 aliphatic rings. The molecule has 0 saturated carbocycles. The Bertz CT molecular complexity index is 650. The molecule has 0 bridgehead atoms. The number of unbranched alkanes of at least 4 members (excludes halogenated alkanes) is 2. The highest BCUT2D eigenvalue weighted by molar-refractivity contribution is 5.92. The SMILES string of the molecule is C[C@@H](O)[C@@H](O)[C@@H](O)C/C=N/NC(=O)CCCCCC(=O)Nc1ccccc1O. The van der Waals surface area contributed by atoms with Crippen molar-refractivity contribution in [1.82, 2.24) is 5.43 Å². The van der Waals surface area contributed by atoms with Gasteiger partial charge in [-0.1, -0.05) is 18.6 Å². The predicted octanol–water partition coefficient (Wildman–Crippen LogP) is 0.876. The van der Waals surface area contributed by atoms with Gasteiger partial charge < -0.3 is 25.7 Å². The molecule has 156 valence electrons. The monoisotopic (exact) mass is 395 g/mol. The van der Waals surface area contributed by atoms with E-state index < -0.39 is 18.3 Å². The molecule has 3 atom stereocenters. The number of phenols is 1. The van der Waals surface area contributed by atoms with Crippen molar-refractivity contribution in [3.05, 3.63) is 24.3 Å². The smallest absolute Gasteiger partial charge is 0.240 e. The summed E-state index contributed by atoms with van der Waals surface area (Å²) in [6, 6.07) is 6.49. The Labute approximate surface area is 164 Å². The van der Waals surface area contributed by atoms with Gasteiger partial charge in [-0.2, -0.15) is 5.10 Å². The van der Waals surface area contributed by atoms with Crippen LogP contribution in [0.3, 0.4) is 0 Å². The molecule has 0 unspecified atom stereocenters. The zero-order valence-electron chi connectivity index (χ0n) is 15.9. The van der Waals surface area contributed by atoms with Gasteiger partial charge in [0.2, 0.25) is 11.8 Å². The van der Waals surface area contributed by atoms with E-state index in [0.717, 1.165) is 0 Å². The minimum absolute atomic E-state index is 0.00156. The molecule has 9 heteroatoms. The fraction of sp³-hybridized carbons (Fsp3) is 0.526. The molecule has 9 nitrogen and oxygen atoms in total. The quantitative estimate of drug-likeness (QED) is 0.134. The molecule has 0 heterocycles. The highest BCUT2D eigenvalue weighted by Gasteiger charge is 2.19. The van der Waals surface area contributed by atoms with Crippen LogP contribution in [-0.2, 0) is 9.59 Å². The van der Waals surface area contributed by atoms with E-state index in [4.69, 9.17) is 5.11 Å². The van der Waals surface area contributed by atoms with Crippen molar-refractivity contribution in [1.29, 1.82) is 0 Å². The van der Waals surface area contributed by atoms with E-state index in [-0.39, 0.29) is 36.8 Å². The van der Waals surface area contributed by atoms with E-state index >= 15 is 0 Å². The molecule has 2 amide bonds. The molecule has 0 saturated heterocycles. The lowest BCUT2D eigenvalue weighted by Crippen LogP contribution is -2.35. The Morgan fingerprint density at radius 1 is 1.07 bits per heavy atom. The number of carbonyl (C=O) groups is 2. The Hall–Kier alpha value is -2.49. The van der Waals surface area contributed by atoms with Crippen LogP contribution >= 0.6 is 0 Å². The summed E-state index contributed by atoms with van der Waals surface area (Å²) >= 11 is 0. The highest BCUT2D eigenvalue weighted by Crippen LogP contribution is 2.21. The predicted molar refractivity (Wildman–Crippen MR) is 105 cm³/mol. The van der Waals surface area contributed by atoms with Crippen molar-refractivity contribution in [2.75, 3.05) is 5.32 Å². The van der Waals surface area contributed by atoms with Crippen molar-refractivity contribution in [3.8, 4) is 5.75 Å². The average Bonchev–Trinajstić information content (AvgIpc) is 2.65. The topological polar surface area (TPSA) is 151 Å². The first-order valence-corrected chi connectivity index (χ1v) is 9.23. The third-order valence-electron chi connectivity index (χ3n) is 4.00. The van der Waals surface area contributed by atoms with Gasteiger partial charge in [-0.05, 0) is 31.9 Å². The van der Waals surface area contributed by atoms with Gasteiger partial charge in [0, 0.05) is 25.5 Å². The van der Waals surface area contributed by atoms with Crippen molar-refractivity contribution in [2.24, 2.45) is 5.10 Å². The van der Waals surface area contributed by atoms with Crippen LogP contribution in [0.25, 0.3) is 0 Å². The van der Waals surface area contributed by atoms with Gasteiger partial charge in [0.05, 0.1) is 17.9 Å². The first kappa shape index (κ1) is 23.5. The number of aliphatic hydroxyl groups excluding tert-OH is 3. The number of rotatable bonds is 12. The van der Waals surface area contributed by atoms with Gasteiger partial charge in [0.15, 0.2) is 0 Å². The number of aromatic hydroxyl groups is 1. The molecule has 0 aromatic heterocycles. The Morgan fingerprint density at radius 2 is 1.71 bits per heavy atom. The van der Waals surface area contributed by atoms with Gasteiger partial charge in [-0.25, -0.2) is 5.43 Å². The first-order chi connectivity index (χ1) is 13.3. The summed E-state index contributed by atoms with van der Waals surface area (Å²) in [4.78, 5) is 23.4. The van der Waals surface area contributed by atoms with Crippen molar-refractivity contribution < 1.29 is 30.0 Å². The highest BCUT2D eigenvalue weighted by atomic mass is 16.4. The molecular formula is C19H29N3O6. The summed E-state index contributed by atoms with van der Waals surface area (Å²) in [6.45, 7) is 1.36. The molecule has 0 aliphatic carbocycles. The van der Waals surface area contributed by atoms with E-state index in [2.05, 4.69) is 15.8 Å². The van der Waals surface area contributed by atoms with Crippen LogP contribution in [0.1, 0.15) is 45.4 Å². The number of nitrogens with zero attached hydrogens (tertiary/aromatic N) is 1. The largest absolute Gasteiger partial charge is 0.506 e. The number of amides is 2. The summed E-state index contributed by atoms with van der Waals surface area (Å²) in [6.07, 6.45) is 0.192. The van der Waals surface area contributed by atoms with Gasteiger partial charge >= 0.3 is 0 Å². The Balaban J connectivity index is 2.11. The molecule has 28 heavy (non-hydrogen) atoms. The van der Waals surface area contributed by atoms with E-state index in [0.29, 0.717) is 24.9 Å². The Kier molecular flexibility index (Phi) is 10.8. The van der Waals surface area contributed by atoms with E-state index in [1.807, 2.05) is 0 Å². The van der Waals surface area contributed by atoms with Crippen molar-refractivity contribution in [3.63, 3.8) is 0 Å². The molecule has 1 rings (SSSR count). The lowest BCUT2D eigenvalue weighted by molar-refractivity contribution is -0.121. The van der Waals surface area contributed by atoms with Crippen LogP contribution < -0.4 is 10.7 Å². The minimum Gasteiger partial charge on any atom is -0.506 e. The number of hydrazone groups is 1. The molecular weight excluding hydrogens is 366 g/mol. The molecule has 1 aromatic rings. The molecule has 0 fully saturated rings. The van der Waals surface area contributed by atoms with Crippen LogP contribution in [0.5, 0.6) is 5.75 Å². The number of aliphatic hydroxyl groups is 3. The third-order valence-corrected chi connectivity index (χ3v) is 4.00. The van der Waals surface area contributed by atoms with Crippen LogP contribution in [0, 0.1) is 0 Å². The normalized spacial score (nSPS) is 14.4. The van der Waals surface area contributed by atoms with E-state index in [1.54, 1.807) is 18.2 Å². The summed E-state index contributed by atoms with van der Waals surface area (Å²) in [7, 11) is 0. The molecule has 1 aromatic carbocycles. The van der Waals surface area contributed by atoms with E-state index in [9.17, 15) is 24.9 Å². The third kappa shape index (κ3) is 9.45. The number of hydrogen-bond acceptors (Lipinski definition) is 7. The number of benzene rings is 1. The van der Waals surface area contributed by atoms with E-state index in [1.165, 1.54) is 19.2 Å². The standard InChI is InChI=1S/C19H29N3O6/c1-13(23)19(28)16(25)11-12-20-22-18(27)10-4-2-3-9-17(26)21-14-7-5-6-8-15(14)24/h5-8,12-13,16,19,23-25,28H,2-4,9-11H2,1H3,(H,21,26)(H,22,27)/b20-12+/t13-,16+,19-/m1/s1. The summed E-state index contributed by atoms with van der Waals surface area (Å²) < 4.78 is 0. The molecule has 6 N–H and O–H groups in total. The fourth-order valence-corrected chi connectivity index (χ4v) is 2.34. The number of anilines is 1. The number of para-hydroxylation sites is 2. The molecule has 0 spiro atoms. The van der Waals surface area contributed by atoms with Gasteiger partial charge in [-0.3, -0.25) is 9.59 Å². The lowest BCUT2D eigenvalue weighted by Gasteiger charge is -2.18. The maximum atomic E-state index is 11.8. The van der Waals surface area contributed by atoms with Gasteiger partial charge in [-0.15, -0.1) is 0 Å².